The molecule has 1 aliphatic carbocycles. The van der Waals surface area contributed by atoms with Crippen LogP contribution in [-0.4, -0.2) is 31.0 Å². The maximum atomic E-state index is 5.91. The lowest BCUT2D eigenvalue weighted by atomic mass is 9.68. The third-order valence-electron chi connectivity index (χ3n) is 4.73. The molecule has 3 nitrogen and oxygen atoms in total. The first-order chi connectivity index (χ1) is 9.71. The lowest BCUT2D eigenvalue weighted by Crippen LogP contribution is -2.42. The fraction of sp³-hybridized carbons (Fsp3) is 0.562. The summed E-state index contributed by atoms with van der Waals surface area (Å²) in [5.41, 5.74) is 1.84. The zero-order chi connectivity index (χ0) is 14.0. The van der Waals surface area contributed by atoms with Crippen molar-refractivity contribution in [2.45, 2.75) is 32.2 Å². The fourth-order valence-corrected chi connectivity index (χ4v) is 3.44. The lowest BCUT2D eigenvalue weighted by Gasteiger charge is -2.38. The van der Waals surface area contributed by atoms with Crippen molar-refractivity contribution in [3.05, 3.63) is 34.9 Å². The van der Waals surface area contributed by atoms with E-state index in [0.29, 0.717) is 5.41 Å². The van der Waals surface area contributed by atoms with Crippen LogP contribution in [0.4, 0.5) is 0 Å². The fourth-order valence-electron chi connectivity index (χ4n) is 3.32. The van der Waals surface area contributed by atoms with Crippen LogP contribution in [0.1, 0.15) is 31.2 Å². The molecule has 4 heteroatoms. The van der Waals surface area contributed by atoms with Crippen molar-refractivity contribution < 1.29 is 0 Å². The zero-order valence-electron chi connectivity index (χ0n) is 12.0. The highest BCUT2D eigenvalue weighted by atomic mass is 35.5. The Morgan fingerprint density at radius 3 is 2.60 bits per heavy atom. The maximum Gasteiger partial charge on any atom is 0.193 e. The van der Waals surface area contributed by atoms with Gasteiger partial charge in [0.1, 0.15) is 0 Å². The molecular formula is C16H22ClN3. The van der Waals surface area contributed by atoms with Gasteiger partial charge in [0.15, 0.2) is 5.96 Å². The van der Waals surface area contributed by atoms with Crippen molar-refractivity contribution in [2.75, 3.05) is 20.1 Å². The van der Waals surface area contributed by atoms with Crippen LogP contribution in [0.15, 0.2) is 29.3 Å². The summed E-state index contributed by atoms with van der Waals surface area (Å²) >= 11 is 5.91. The van der Waals surface area contributed by atoms with Gasteiger partial charge in [0.05, 0.1) is 0 Å². The summed E-state index contributed by atoms with van der Waals surface area (Å²) in [5, 5.41) is 4.25. The molecule has 1 spiro atoms. The smallest absolute Gasteiger partial charge is 0.193 e. The number of rotatable bonds is 2. The second-order valence-corrected chi connectivity index (χ2v) is 6.49. The van der Waals surface area contributed by atoms with Gasteiger partial charge in [-0.15, -0.1) is 0 Å². The number of likely N-dealkylation sites (tertiary alicyclic amines) is 1. The topological polar surface area (TPSA) is 27.6 Å². The standard InChI is InChI=1S/C16H22ClN3/c1-18-15(19-11-13-3-5-14(17)6-4-13)20-10-9-16(12-20)7-2-8-16/h3-6H,2,7-12H2,1H3,(H,18,19). The first-order valence-corrected chi connectivity index (χ1v) is 7.79. The maximum absolute atomic E-state index is 5.91. The number of halogens is 1. The van der Waals surface area contributed by atoms with E-state index in [1.54, 1.807) is 0 Å². The molecule has 0 amide bonds. The van der Waals surface area contributed by atoms with E-state index in [2.05, 4.69) is 27.3 Å². The molecule has 0 aromatic heterocycles. The molecular weight excluding hydrogens is 270 g/mol. The van der Waals surface area contributed by atoms with E-state index in [0.717, 1.165) is 24.1 Å². The average Bonchev–Trinajstić information content (AvgIpc) is 2.87. The average molecular weight is 292 g/mol. The molecule has 1 aromatic carbocycles. The highest BCUT2D eigenvalue weighted by Crippen LogP contribution is 2.47. The highest BCUT2D eigenvalue weighted by Gasteiger charge is 2.43. The van der Waals surface area contributed by atoms with E-state index < -0.39 is 0 Å². The Kier molecular flexibility index (Phi) is 3.88. The van der Waals surface area contributed by atoms with Crippen molar-refractivity contribution in [1.82, 2.24) is 10.2 Å². The number of aliphatic imine (C=N–C) groups is 1. The van der Waals surface area contributed by atoms with Gasteiger partial charge in [-0.25, -0.2) is 0 Å². The van der Waals surface area contributed by atoms with Crippen molar-refractivity contribution in [1.29, 1.82) is 0 Å². The number of hydrogen-bond acceptors (Lipinski definition) is 1. The van der Waals surface area contributed by atoms with Gasteiger partial charge in [0.2, 0.25) is 0 Å². The minimum Gasteiger partial charge on any atom is -0.352 e. The minimum absolute atomic E-state index is 0.609. The Morgan fingerprint density at radius 2 is 2.05 bits per heavy atom. The molecule has 1 heterocycles. The van der Waals surface area contributed by atoms with Crippen molar-refractivity contribution in [3.8, 4) is 0 Å². The summed E-state index contributed by atoms with van der Waals surface area (Å²) in [6.07, 6.45) is 5.54. The summed E-state index contributed by atoms with van der Waals surface area (Å²) in [7, 11) is 1.87. The largest absolute Gasteiger partial charge is 0.352 e. The van der Waals surface area contributed by atoms with Crippen LogP contribution in [0.2, 0.25) is 5.02 Å². The van der Waals surface area contributed by atoms with E-state index in [1.165, 1.54) is 37.8 Å². The second-order valence-electron chi connectivity index (χ2n) is 6.05. The van der Waals surface area contributed by atoms with Crippen LogP contribution in [0.25, 0.3) is 0 Å². The Hall–Kier alpha value is -1.22. The minimum atomic E-state index is 0.609. The number of benzene rings is 1. The van der Waals surface area contributed by atoms with E-state index in [-0.39, 0.29) is 0 Å². The summed E-state index contributed by atoms with van der Waals surface area (Å²) in [5.74, 6) is 1.03. The van der Waals surface area contributed by atoms with Crippen molar-refractivity contribution in [2.24, 2.45) is 10.4 Å². The molecule has 1 aliphatic heterocycles. The quantitative estimate of drug-likeness (QED) is 0.669. The monoisotopic (exact) mass is 291 g/mol. The van der Waals surface area contributed by atoms with Crippen LogP contribution in [0.3, 0.4) is 0 Å². The first-order valence-electron chi connectivity index (χ1n) is 7.41. The highest BCUT2D eigenvalue weighted by molar-refractivity contribution is 6.30. The zero-order valence-corrected chi connectivity index (χ0v) is 12.8. The predicted molar refractivity (Wildman–Crippen MR) is 84.1 cm³/mol. The summed E-state index contributed by atoms with van der Waals surface area (Å²) in [6.45, 7) is 3.11. The Morgan fingerprint density at radius 1 is 1.30 bits per heavy atom. The Balaban J connectivity index is 1.56. The first kappa shape index (κ1) is 13.7. The summed E-state index contributed by atoms with van der Waals surface area (Å²) < 4.78 is 0. The van der Waals surface area contributed by atoms with Gasteiger partial charge in [0.25, 0.3) is 0 Å². The van der Waals surface area contributed by atoms with Crippen LogP contribution >= 0.6 is 11.6 Å². The van der Waals surface area contributed by atoms with Crippen LogP contribution in [0, 0.1) is 5.41 Å². The van der Waals surface area contributed by atoms with E-state index in [9.17, 15) is 0 Å². The van der Waals surface area contributed by atoms with Crippen molar-refractivity contribution >= 4 is 17.6 Å². The number of nitrogens with one attached hydrogen (secondary N) is 1. The van der Waals surface area contributed by atoms with Gasteiger partial charge in [-0.2, -0.15) is 0 Å². The summed E-state index contributed by atoms with van der Waals surface area (Å²) in [4.78, 5) is 6.84. The second kappa shape index (κ2) is 5.65. The molecule has 20 heavy (non-hydrogen) atoms. The van der Waals surface area contributed by atoms with Gasteiger partial charge in [-0.05, 0) is 42.4 Å². The molecule has 0 unspecified atom stereocenters. The molecule has 1 N–H and O–H groups in total. The number of nitrogens with zero attached hydrogens (tertiary/aromatic N) is 2. The van der Waals surface area contributed by atoms with Gasteiger partial charge in [-0.1, -0.05) is 30.2 Å². The van der Waals surface area contributed by atoms with Crippen LogP contribution in [0.5, 0.6) is 0 Å². The van der Waals surface area contributed by atoms with E-state index in [4.69, 9.17) is 11.6 Å². The van der Waals surface area contributed by atoms with Gasteiger partial charge in [-0.3, -0.25) is 4.99 Å². The Bertz CT molecular complexity index is 491. The number of hydrogen-bond donors (Lipinski definition) is 1. The third kappa shape index (κ3) is 2.78. The molecule has 0 atom stereocenters. The molecule has 0 bridgehead atoms. The van der Waals surface area contributed by atoms with E-state index in [1.807, 2.05) is 19.2 Å². The van der Waals surface area contributed by atoms with E-state index >= 15 is 0 Å². The number of guanidine groups is 1. The molecule has 0 radical (unpaired) electrons. The summed E-state index contributed by atoms with van der Waals surface area (Å²) in [6, 6.07) is 7.97. The van der Waals surface area contributed by atoms with Crippen molar-refractivity contribution in [3.63, 3.8) is 0 Å². The van der Waals surface area contributed by atoms with Gasteiger partial charge >= 0.3 is 0 Å². The SMILES string of the molecule is CN=C(NCc1ccc(Cl)cc1)N1CCC2(CCC2)C1. The Labute approximate surface area is 126 Å². The molecule has 2 aliphatic rings. The molecule has 2 fully saturated rings. The molecule has 108 valence electrons. The normalized spacial score (nSPS) is 21.1. The third-order valence-corrected chi connectivity index (χ3v) is 4.98. The van der Waals surface area contributed by atoms with Crippen LogP contribution < -0.4 is 5.32 Å². The van der Waals surface area contributed by atoms with Gasteiger partial charge < -0.3 is 10.2 Å². The van der Waals surface area contributed by atoms with Gasteiger partial charge in [0, 0.05) is 31.7 Å². The predicted octanol–water partition coefficient (Wildman–Crippen LogP) is 3.29. The van der Waals surface area contributed by atoms with Crippen LogP contribution in [-0.2, 0) is 6.54 Å². The molecule has 1 saturated heterocycles. The molecule has 1 aromatic rings. The lowest BCUT2D eigenvalue weighted by molar-refractivity contribution is 0.151. The molecule has 3 rings (SSSR count). The molecule has 1 saturated carbocycles.